The van der Waals surface area contributed by atoms with E-state index in [9.17, 15) is 14.4 Å². The van der Waals surface area contributed by atoms with Crippen LogP contribution in [0.3, 0.4) is 0 Å². The summed E-state index contributed by atoms with van der Waals surface area (Å²) < 4.78 is 16.2. The topological polar surface area (TPSA) is 78.9 Å². The first-order chi connectivity index (χ1) is 17.4. The third-order valence-corrected chi connectivity index (χ3v) is 5.33. The van der Waals surface area contributed by atoms with E-state index >= 15 is 0 Å². The zero-order valence-electron chi connectivity index (χ0n) is 20.8. The highest BCUT2D eigenvalue weighted by molar-refractivity contribution is 5.89. The van der Waals surface area contributed by atoms with Crippen LogP contribution in [0, 0.1) is 5.92 Å². The van der Waals surface area contributed by atoms with Crippen molar-refractivity contribution in [2.45, 2.75) is 39.0 Å². The number of aryl methyl sites for hydroxylation is 1. The molecular weight excluding hydrogens is 456 g/mol. The minimum atomic E-state index is -0.555. The summed E-state index contributed by atoms with van der Waals surface area (Å²) >= 11 is 0. The number of carbonyl (C=O) groups excluding carboxylic acids is 3. The summed E-state index contributed by atoms with van der Waals surface area (Å²) in [7, 11) is 0. The van der Waals surface area contributed by atoms with Crippen molar-refractivity contribution in [2.24, 2.45) is 5.92 Å². The van der Waals surface area contributed by atoms with Gasteiger partial charge in [-0.2, -0.15) is 0 Å². The molecule has 6 nitrogen and oxygen atoms in total. The Labute approximate surface area is 213 Å². The predicted octanol–water partition coefficient (Wildman–Crippen LogP) is 5.91. The number of carbonyl (C=O) groups is 3. The van der Waals surface area contributed by atoms with Crippen molar-refractivity contribution >= 4 is 23.8 Å². The van der Waals surface area contributed by atoms with Gasteiger partial charge < -0.3 is 14.2 Å². The van der Waals surface area contributed by atoms with E-state index in [0.717, 1.165) is 24.5 Å². The number of esters is 2. The third-order valence-electron chi connectivity index (χ3n) is 5.33. The molecule has 2 aromatic carbocycles. The van der Waals surface area contributed by atoms with E-state index in [1.54, 1.807) is 30.3 Å². The van der Waals surface area contributed by atoms with Gasteiger partial charge in [0.05, 0.1) is 13.2 Å². The van der Waals surface area contributed by atoms with Gasteiger partial charge in [-0.15, -0.1) is 0 Å². The van der Waals surface area contributed by atoms with Crippen LogP contribution in [0.2, 0.25) is 0 Å². The molecule has 0 bridgehead atoms. The number of ketones is 1. The van der Waals surface area contributed by atoms with E-state index in [0.29, 0.717) is 11.5 Å². The average molecular weight is 491 g/mol. The number of benzene rings is 2. The van der Waals surface area contributed by atoms with Crippen LogP contribution in [0.25, 0.3) is 6.08 Å². The Morgan fingerprint density at radius 1 is 0.861 bits per heavy atom. The SMILES string of the molecule is C=CC(=O)CC(COC(=O)C=C)COc1ccc(C=CC(=O)Oc2ccc(CCCCC)cc2)cc1. The van der Waals surface area contributed by atoms with Crippen molar-refractivity contribution in [3.05, 3.63) is 91.0 Å². The van der Waals surface area contributed by atoms with Gasteiger partial charge in [-0.1, -0.05) is 57.2 Å². The molecule has 0 saturated carbocycles. The van der Waals surface area contributed by atoms with Crippen molar-refractivity contribution in [3.63, 3.8) is 0 Å². The van der Waals surface area contributed by atoms with Gasteiger partial charge in [-0.3, -0.25) is 4.79 Å². The van der Waals surface area contributed by atoms with Gasteiger partial charge in [0.25, 0.3) is 0 Å². The van der Waals surface area contributed by atoms with Crippen LogP contribution in [-0.2, 0) is 25.5 Å². The number of allylic oxidation sites excluding steroid dienone is 1. The number of rotatable bonds is 16. The van der Waals surface area contributed by atoms with E-state index in [1.807, 2.05) is 24.3 Å². The lowest BCUT2D eigenvalue weighted by Gasteiger charge is -2.16. The van der Waals surface area contributed by atoms with Crippen LogP contribution in [0.1, 0.15) is 43.7 Å². The summed E-state index contributed by atoms with van der Waals surface area (Å²) in [4.78, 5) is 35.2. The van der Waals surface area contributed by atoms with Crippen LogP contribution in [0.15, 0.2) is 79.9 Å². The Morgan fingerprint density at radius 3 is 2.19 bits per heavy atom. The lowest BCUT2D eigenvalue weighted by Crippen LogP contribution is -2.22. The molecule has 0 aliphatic rings. The zero-order valence-corrected chi connectivity index (χ0v) is 20.8. The number of hydrogen-bond acceptors (Lipinski definition) is 6. The fourth-order valence-corrected chi connectivity index (χ4v) is 3.30. The molecule has 0 aliphatic carbocycles. The second kappa shape index (κ2) is 15.9. The van der Waals surface area contributed by atoms with Crippen LogP contribution in [0.4, 0.5) is 0 Å². The van der Waals surface area contributed by atoms with Gasteiger partial charge in [-0.25, -0.2) is 9.59 Å². The number of ether oxygens (including phenoxy) is 3. The molecular formula is C30H34O6. The lowest BCUT2D eigenvalue weighted by atomic mass is 10.0. The van der Waals surface area contributed by atoms with E-state index in [1.165, 1.54) is 30.6 Å². The zero-order chi connectivity index (χ0) is 26.2. The van der Waals surface area contributed by atoms with Crippen molar-refractivity contribution < 1.29 is 28.6 Å². The number of hydrogen-bond donors (Lipinski definition) is 0. The fourth-order valence-electron chi connectivity index (χ4n) is 3.30. The van der Waals surface area contributed by atoms with Crippen LogP contribution in [-0.4, -0.2) is 30.9 Å². The van der Waals surface area contributed by atoms with E-state index < -0.39 is 11.9 Å². The number of unbranched alkanes of at least 4 members (excludes halogenated alkanes) is 2. The molecule has 1 unspecified atom stereocenters. The first-order valence-electron chi connectivity index (χ1n) is 12.1. The molecule has 2 aromatic rings. The van der Waals surface area contributed by atoms with Gasteiger partial charge in [0, 0.05) is 24.5 Å². The minimum Gasteiger partial charge on any atom is -0.493 e. The predicted molar refractivity (Wildman–Crippen MR) is 141 cm³/mol. The van der Waals surface area contributed by atoms with E-state index in [-0.39, 0.29) is 31.3 Å². The maximum absolute atomic E-state index is 12.2. The molecule has 0 aliphatic heterocycles. The molecule has 6 heteroatoms. The molecule has 0 N–H and O–H groups in total. The summed E-state index contributed by atoms with van der Waals surface area (Å²) in [6.07, 6.45) is 10.1. The summed E-state index contributed by atoms with van der Waals surface area (Å²) in [5.74, 6) is -0.401. The maximum atomic E-state index is 12.2. The normalized spacial score (nSPS) is 11.5. The van der Waals surface area contributed by atoms with E-state index in [4.69, 9.17) is 14.2 Å². The molecule has 190 valence electrons. The molecule has 0 saturated heterocycles. The Bertz CT molecular complexity index is 1030. The highest BCUT2D eigenvalue weighted by atomic mass is 16.5. The standard InChI is InChI=1S/C30H34O6/c1-4-7-8-9-23-12-17-28(18-13-23)36-30(33)19-14-24-10-15-27(16-11-24)34-21-25(20-26(31)5-2)22-35-29(32)6-3/h5-6,10-19,25H,2-4,7-9,20-22H2,1H3. The van der Waals surface area contributed by atoms with Crippen LogP contribution < -0.4 is 9.47 Å². The first kappa shape index (κ1) is 28.3. The van der Waals surface area contributed by atoms with Gasteiger partial charge >= 0.3 is 11.9 Å². The Hall–Kier alpha value is -3.93. The highest BCUT2D eigenvalue weighted by Gasteiger charge is 2.15. The third kappa shape index (κ3) is 11.0. The van der Waals surface area contributed by atoms with Gasteiger partial charge in [0.15, 0.2) is 5.78 Å². The largest absolute Gasteiger partial charge is 0.493 e. The van der Waals surface area contributed by atoms with Crippen molar-refractivity contribution in [2.75, 3.05) is 13.2 Å². The second-order valence-corrected chi connectivity index (χ2v) is 8.31. The Balaban J connectivity index is 1.84. The molecule has 0 amide bonds. The molecule has 0 fully saturated rings. The van der Waals surface area contributed by atoms with Gasteiger partial charge in [0.2, 0.25) is 0 Å². The highest BCUT2D eigenvalue weighted by Crippen LogP contribution is 2.17. The summed E-state index contributed by atoms with van der Waals surface area (Å²) in [6, 6.07) is 14.7. The van der Waals surface area contributed by atoms with Crippen molar-refractivity contribution in [1.82, 2.24) is 0 Å². The molecule has 0 heterocycles. The lowest BCUT2D eigenvalue weighted by molar-refractivity contribution is -0.140. The fraction of sp³-hybridized carbons (Fsp3) is 0.300. The second-order valence-electron chi connectivity index (χ2n) is 8.31. The summed E-state index contributed by atoms with van der Waals surface area (Å²) in [6.45, 7) is 9.22. The first-order valence-corrected chi connectivity index (χ1v) is 12.1. The molecule has 0 radical (unpaired) electrons. The van der Waals surface area contributed by atoms with Gasteiger partial charge in [0.1, 0.15) is 11.5 Å². The molecule has 0 aromatic heterocycles. The smallest absolute Gasteiger partial charge is 0.336 e. The van der Waals surface area contributed by atoms with Crippen molar-refractivity contribution in [3.8, 4) is 11.5 Å². The molecule has 1 atom stereocenters. The monoisotopic (exact) mass is 490 g/mol. The summed E-state index contributed by atoms with van der Waals surface area (Å²) in [5, 5.41) is 0. The summed E-state index contributed by atoms with van der Waals surface area (Å²) in [5.41, 5.74) is 2.03. The molecule has 2 rings (SSSR count). The van der Waals surface area contributed by atoms with Gasteiger partial charge in [-0.05, 0) is 60.4 Å². The average Bonchev–Trinajstić information content (AvgIpc) is 2.90. The minimum absolute atomic E-state index is 0.0367. The van der Waals surface area contributed by atoms with Crippen LogP contribution >= 0.6 is 0 Å². The molecule has 0 spiro atoms. The Kier molecular flexibility index (Phi) is 12.5. The quantitative estimate of drug-likeness (QED) is 0.126. The maximum Gasteiger partial charge on any atom is 0.336 e. The van der Waals surface area contributed by atoms with Crippen LogP contribution in [0.5, 0.6) is 11.5 Å². The van der Waals surface area contributed by atoms with Crippen molar-refractivity contribution in [1.29, 1.82) is 0 Å². The molecule has 36 heavy (non-hydrogen) atoms. The Morgan fingerprint density at radius 2 is 1.56 bits per heavy atom. The van der Waals surface area contributed by atoms with E-state index in [2.05, 4.69) is 20.1 Å².